The number of nitrogens with one attached hydrogen (secondary N) is 1. The number of hydrogen-bond acceptors (Lipinski definition) is 3. The van der Waals surface area contributed by atoms with E-state index in [9.17, 15) is 9.90 Å². The van der Waals surface area contributed by atoms with Gasteiger partial charge in [-0.15, -0.1) is 0 Å². The van der Waals surface area contributed by atoms with E-state index in [0.717, 1.165) is 44.9 Å². The van der Waals surface area contributed by atoms with Gasteiger partial charge in [-0.2, -0.15) is 0 Å². The predicted octanol–water partition coefficient (Wildman–Crippen LogP) is 1.99. The van der Waals surface area contributed by atoms with Crippen molar-refractivity contribution in [2.24, 2.45) is 5.92 Å². The fourth-order valence-electron chi connectivity index (χ4n) is 2.95. The molecule has 1 rings (SSSR count). The van der Waals surface area contributed by atoms with Gasteiger partial charge in [0.05, 0.1) is 12.0 Å². The Hall–Kier alpha value is -0.610. The Morgan fingerprint density at radius 1 is 1.26 bits per heavy atom. The lowest BCUT2D eigenvalue weighted by Gasteiger charge is -2.31. The lowest BCUT2D eigenvalue weighted by atomic mass is 9.82. The molecule has 0 aromatic carbocycles. The molecule has 1 atom stereocenters. The largest absolute Gasteiger partial charge is 0.396 e. The molecule has 0 spiro atoms. The van der Waals surface area contributed by atoms with Crippen LogP contribution in [0.15, 0.2) is 0 Å². The Bertz CT molecular complexity index is 256. The highest BCUT2D eigenvalue weighted by molar-refractivity contribution is 5.77. The van der Waals surface area contributed by atoms with Crippen LogP contribution in [0.2, 0.25) is 0 Å². The van der Waals surface area contributed by atoms with Crippen LogP contribution in [0.25, 0.3) is 0 Å². The molecule has 112 valence electrons. The van der Waals surface area contributed by atoms with Gasteiger partial charge in [-0.1, -0.05) is 32.6 Å². The van der Waals surface area contributed by atoms with Gasteiger partial charge in [-0.3, -0.25) is 4.79 Å². The molecule has 0 bridgehead atoms. The lowest BCUT2D eigenvalue weighted by Crippen LogP contribution is -2.39. The smallest absolute Gasteiger partial charge is 0.222 e. The van der Waals surface area contributed by atoms with Crippen LogP contribution in [-0.2, 0) is 4.79 Å². The van der Waals surface area contributed by atoms with Crippen LogP contribution < -0.4 is 5.32 Å². The zero-order valence-corrected chi connectivity index (χ0v) is 12.2. The summed E-state index contributed by atoms with van der Waals surface area (Å²) < 4.78 is 0. The van der Waals surface area contributed by atoms with E-state index in [1.54, 1.807) is 0 Å². The van der Waals surface area contributed by atoms with Gasteiger partial charge in [0, 0.05) is 13.2 Å². The fourth-order valence-corrected chi connectivity index (χ4v) is 2.95. The number of hydrogen-bond donors (Lipinski definition) is 3. The third-order valence-corrected chi connectivity index (χ3v) is 4.10. The lowest BCUT2D eigenvalue weighted by molar-refractivity contribution is -0.127. The van der Waals surface area contributed by atoms with E-state index in [0.29, 0.717) is 12.5 Å². The van der Waals surface area contributed by atoms with Gasteiger partial charge in [-0.25, -0.2) is 0 Å². The topological polar surface area (TPSA) is 69.6 Å². The van der Waals surface area contributed by atoms with Crippen LogP contribution in [-0.4, -0.2) is 34.9 Å². The molecule has 1 amide bonds. The summed E-state index contributed by atoms with van der Waals surface area (Å²) >= 11 is 0. The molecule has 1 unspecified atom stereocenters. The highest BCUT2D eigenvalue weighted by Gasteiger charge is 2.31. The van der Waals surface area contributed by atoms with E-state index in [-0.39, 0.29) is 18.9 Å². The minimum absolute atomic E-state index is 0.0524. The number of amides is 1. The average molecular weight is 271 g/mol. The Morgan fingerprint density at radius 3 is 2.53 bits per heavy atom. The molecule has 0 aliphatic heterocycles. The number of carbonyl (C=O) groups is 1. The number of carbonyl (C=O) groups excluding carboxylic acids is 1. The second kappa shape index (κ2) is 8.54. The van der Waals surface area contributed by atoms with Crippen molar-refractivity contribution in [3.8, 4) is 0 Å². The number of rotatable bonds is 8. The summed E-state index contributed by atoms with van der Waals surface area (Å²) in [6.45, 7) is 2.89. The molecule has 0 radical (unpaired) electrons. The molecule has 4 heteroatoms. The van der Waals surface area contributed by atoms with Crippen LogP contribution in [0, 0.1) is 5.92 Å². The van der Waals surface area contributed by atoms with Crippen LogP contribution in [0.4, 0.5) is 0 Å². The zero-order chi connectivity index (χ0) is 14.1. The highest BCUT2D eigenvalue weighted by atomic mass is 16.3. The first-order valence-corrected chi connectivity index (χ1v) is 7.69. The first-order valence-electron chi connectivity index (χ1n) is 7.69. The molecule has 4 nitrogen and oxygen atoms in total. The van der Waals surface area contributed by atoms with E-state index in [1.807, 2.05) is 0 Å². The van der Waals surface area contributed by atoms with Crippen molar-refractivity contribution in [2.75, 3.05) is 13.2 Å². The minimum atomic E-state index is -0.778. The summed E-state index contributed by atoms with van der Waals surface area (Å²) in [5.74, 6) is 0.295. The summed E-state index contributed by atoms with van der Waals surface area (Å²) in [7, 11) is 0. The standard InChI is InChI=1S/C15H29NO3/c1-2-6-13(7-10-17)12-16-14(18)11-15(19)8-4-3-5-9-15/h13,17,19H,2-12H2,1H3,(H,16,18). The normalized spacial score (nSPS) is 19.9. The summed E-state index contributed by atoms with van der Waals surface area (Å²) in [6, 6.07) is 0. The molecular weight excluding hydrogens is 242 g/mol. The SMILES string of the molecule is CCCC(CCO)CNC(=O)CC1(O)CCCCC1. The fraction of sp³-hybridized carbons (Fsp3) is 0.933. The van der Waals surface area contributed by atoms with Crippen LogP contribution in [0.1, 0.15) is 64.7 Å². The average Bonchev–Trinajstić information content (AvgIpc) is 2.37. The Labute approximate surface area is 116 Å². The molecule has 0 saturated heterocycles. The maximum atomic E-state index is 11.9. The molecule has 1 aliphatic rings. The third kappa shape index (κ3) is 6.39. The summed E-state index contributed by atoms with van der Waals surface area (Å²) in [6.07, 6.45) is 7.74. The maximum absolute atomic E-state index is 11.9. The van der Waals surface area contributed by atoms with Crippen LogP contribution in [0.5, 0.6) is 0 Å². The van der Waals surface area contributed by atoms with E-state index in [2.05, 4.69) is 12.2 Å². The molecule has 3 N–H and O–H groups in total. The minimum Gasteiger partial charge on any atom is -0.396 e. The van der Waals surface area contributed by atoms with Crippen molar-refractivity contribution in [1.29, 1.82) is 0 Å². The first-order chi connectivity index (χ1) is 9.09. The van der Waals surface area contributed by atoms with E-state index in [1.165, 1.54) is 6.42 Å². The van der Waals surface area contributed by atoms with Gasteiger partial charge in [0.2, 0.25) is 5.91 Å². The number of aliphatic hydroxyl groups excluding tert-OH is 1. The van der Waals surface area contributed by atoms with Crippen molar-refractivity contribution < 1.29 is 15.0 Å². The van der Waals surface area contributed by atoms with Crippen molar-refractivity contribution >= 4 is 5.91 Å². The van der Waals surface area contributed by atoms with E-state index in [4.69, 9.17) is 5.11 Å². The molecule has 19 heavy (non-hydrogen) atoms. The first kappa shape index (κ1) is 16.4. The van der Waals surface area contributed by atoms with Crippen LogP contribution in [0.3, 0.4) is 0 Å². The van der Waals surface area contributed by atoms with Crippen molar-refractivity contribution in [2.45, 2.75) is 70.3 Å². The maximum Gasteiger partial charge on any atom is 0.222 e. The quantitative estimate of drug-likeness (QED) is 0.632. The molecular formula is C15H29NO3. The molecule has 0 heterocycles. The van der Waals surface area contributed by atoms with Crippen molar-refractivity contribution in [3.63, 3.8) is 0 Å². The Morgan fingerprint density at radius 2 is 1.95 bits per heavy atom. The molecule has 1 aliphatic carbocycles. The third-order valence-electron chi connectivity index (χ3n) is 4.10. The second-order valence-corrected chi connectivity index (χ2v) is 5.93. The summed E-state index contributed by atoms with van der Waals surface area (Å²) in [5, 5.41) is 22.2. The van der Waals surface area contributed by atoms with Gasteiger partial charge < -0.3 is 15.5 Å². The van der Waals surface area contributed by atoms with E-state index < -0.39 is 5.60 Å². The van der Waals surface area contributed by atoms with Gasteiger partial charge in [0.15, 0.2) is 0 Å². The van der Waals surface area contributed by atoms with Gasteiger partial charge in [0.25, 0.3) is 0 Å². The summed E-state index contributed by atoms with van der Waals surface area (Å²) in [4.78, 5) is 11.9. The molecule has 1 saturated carbocycles. The summed E-state index contributed by atoms with van der Waals surface area (Å²) in [5.41, 5.74) is -0.778. The zero-order valence-electron chi connectivity index (χ0n) is 12.2. The monoisotopic (exact) mass is 271 g/mol. The van der Waals surface area contributed by atoms with Crippen LogP contribution >= 0.6 is 0 Å². The molecule has 0 aromatic rings. The van der Waals surface area contributed by atoms with Gasteiger partial charge in [0.1, 0.15) is 0 Å². The Kier molecular flexibility index (Phi) is 7.39. The van der Waals surface area contributed by atoms with Gasteiger partial charge in [-0.05, 0) is 31.6 Å². The van der Waals surface area contributed by atoms with E-state index >= 15 is 0 Å². The number of aliphatic hydroxyl groups is 2. The van der Waals surface area contributed by atoms with Crippen molar-refractivity contribution in [3.05, 3.63) is 0 Å². The van der Waals surface area contributed by atoms with Crippen molar-refractivity contribution in [1.82, 2.24) is 5.32 Å². The van der Waals surface area contributed by atoms with Gasteiger partial charge >= 0.3 is 0 Å². The highest BCUT2D eigenvalue weighted by Crippen LogP contribution is 2.30. The predicted molar refractivity (Wildman–Crippen MR) is 75.8 cm³/mol. The molecule has 0 aromatic heterocycles. The molecule has 1 fully saturated rings. The second-order valence-electron chi connectivity index (χ2n) is 5.93. The Balaban J connectivity index is 2.29.